The van der Waals surface area contributed by atoms with Crippen molar-refractivity contribution in [2.45, 2.75) is 6.54 Å². The van der Waals surface area contributed by atoms with E-state index < -0.39 is 0 Å². The van der Waals surface area contributed by atoms with Gasteiger partial charge >= 0.3 is 0 Å². The molecule has 0 saturated carbocycles. The average molecular weight is 259 g/mol. The number of hydrogen-bond acceptors (Lipinski definition) is 4. The number of thiazole rings is 1. The van der Waals surface area contributed by atoms with Crippen molar-refractivity contribution in [3.8, 4) is 0 Å². The standard InChI is InChI=1S/C9H7ClN2OS2/c10-8-6(1-2-15-8)3-11-9(13)7-4-14-5-12-7/h1-2,4-5H,3H2,(H,11,13). The summed E-state index contributed by atoms with van der Waals surface area (Å²) in [6.45, 7) is 0.443. The Morgan fingerprint density at radius 3 is 3.07 bits per heavy atom. The predicted octanol–water partition coefficient (Wildman–Crippen LogP) is 2.79. The summed E-state index contributed by atoms with van der Waals surface area (Å²) in [5, 5.41) is 6.36. The van der Waals surface area contributed by atoms with Crippen LogP contribution in [0.25, 0.3) is 0 Å². The fourth-order valence-electron chi connectivity index (χ4n) is 1.04. The van der Waals surface area contributed by atoms with Gasteiger partial charge in [-0.15, -0.1) is 22.7 Å². The first kappa shape index (κ1) is 10.6. The lowest BCUT2D eigenvalue weighted by molar-refractivity contribution is 0.0946. The Labute approximate surface area is 99.7 Å². The van der Waals surface area contributed by atoms with Crippen LogP contribution in [0.2, 0.25) is 4.34 Å². The number of carbonyl (C=O) groups excluding carboxylic acids is 1. The first-order valence-electron chi connectivity index (χ1n) is 4.15. The molecule has 0 aliphatic carbocycles. The number of hydrogen-bond donors (Lipinski definition) is 1. The molecule has 2 aromatic rings. The smallest absolute Gasteiger partial charge is 0.271 e. The molecule has 0 aliphatic rings. The number of halogens is 1. The molecule has 0 aliphatic heterocycles. The van der Waals surface area contributed by atoms with Gasteiger partial charge in [0.05, 0.1) is 9.85 Å². The van der Waals surface area contributed by atoms with Crippen molar-refractivity contribution in [1.29, 1.82) is 0 Å². The average Bonchev–Trinajstić information content (AvgIpc) is 2.85. The summed E-state index contributed by atoms with van der Waals surface area (Å²) in [4.78, 5) is 15.4. The van der Waals surface area contributed by atoms with Crippen LogP contribution in [-0.4, -0.2) is 10.9 Å². The van der Waals surface area contributed by atoms with Gasteiger partial charge < -0.3 is 5.32 Å². The van der Waals surface area contributed by atoms with E-state index in [0.29, 0.717) is 16.6 Å². The maximum absolute atomic E-state index is 11.5. The van der Waals surface area contributed by atoms with Crippen LogP contribution in [0, 0.1) is 0 Å². The summed E-state index contributed by atoms with van der Waals surface area (Å²) in [6.07, 6.45) is 0. The van der Waals surface area contributed by atoms with Crippen LogP contribution >= 0.6 is 34.3 Å². The Bertz CT molecular complexity index is 452. The molecule has 2 heterocycles. The van der Waals surface area contributed by atoms with Crippen LogP contribution in [0.15, 0.2) is 22.3 Å². The zero-order valence-electron chi connectivity index (χ0n) is 7.57. The highest BCUT2D eigenvalue weighted by Gasteiger charge is 2.08. The minimum atomic E-state index is -0.168. The number of rotatable bonds is 3. The van der Waals surface area contributed by atoms with E-state index in [1.807, 2.05) is 11.4 Å². The number of carbonyl (C=O) groups is 1. The summed E-state index contributed by atoms with van der Waals surface area (Å²) in [6, 6.07) is 1.90. The Morgan fingerprint density at radius 2 is 2.47 bits per heavy atom. The van der Waals surface area contributed by atoms with Gasteiger partial charge in [-0.05, 0) is 11.4 Å². The molecule has 1 N–H and O–H groups in total. The number of amides is 1. The quantitative estimate of drug-likeness (QED) is 0.920. The van der Waals surface area contributed by atoms with E-state index in [9.17, 15) is 4.79 Å². The van der Waals surface area contributed by atoms with E-state index in [4.69, 9.17) is 11.6 Å². The van der Waals surface area contributed by atoms with Gasteiger partial charge in [-0.3, -0.25) is 4.79 Å². The molecule has 0 fully saturated rings. The van der Waals surface area contributed by atoms with Crippen molar-refractivity contribution >= 4 is 40.2 Å². The number of nitrogens with one attached hydrogen (secondary N) is 1. The van der Waals surface area contributed by atoms with Gasteiger partial charge in [-0.1, -0.05) is 11.6 Å². The molecule has 2 aromatic heterocycles. The van der Waals surface area contributed by atoms with E-state index in [1.54, 1.807) is 10.9 Å². The third kappa shape index (κ3) is 2.56. The van der Waals surface area contributed by atoms with E-state index in [-0.39, 0.29) is 5.91 Å². The highest BCUT2D eigenvalue weighted by Crippen LogP contribution is 2.22. The van der Waals surface area contributed by atoms with Gasteiger partial charge in [0.25, 0.3) is 5.91 Å². The van der Waals surface area contributed by atoms with Crippen LogP contribution in [0.3, 0.4) is 0 Å². The van der Waals surface area contributed by atoms with Crippen LogP contribution in [-0.2, 0) is 6.54 Å². The Hall–Kier alpha value is -0.910. The zero-order chi connectivity index (χ0) is 10.7. The first-order valence-corrected chi connectivity index (χ1v) is 6.35. The maximum Gasteiger partial charge on any atom is 0.271 e. The highest BCUT2D eigenvalue weighted by atomic mass is 35.5. The molecule has 15 heavy (non-hydrogen) atoms. The summed E-state index contributed by atoms with van der Waals surface area (Å²) in [5.74, 6) is -0.168. The monoisotopic (exact) mass is 258 g/mol. The SMILES string of the molecule is O=C(NCc1ccsc1Cl)c1cscn1. The van der Waals surface area contributed by atoms with Gasteiger partial charge in [-0.25, -0.2) is 4.98 Å². The Morgan fingerprint density at radius 1 is 1.60 bits per heavy atom. The maximum atomic E-state index is 11.5. The van der Waals surface area contributed by atoms with Crippen molar-refractivity contribution in [2.24, 2.45) is 0 Å². The summed E-state index contributed by atoms with van der Waals surface area (Å²) in [7, 11) is 0. The number of thiophene rings is 1. The van der Waals surface area contributed by atoms with Crippen LogP contribution in [0.1, 0.15) is 16.1 Å². The van der Waals surface area contributed by atoms with E-state index in [1.165, 1.54) is 22.7 Å². The van der Waals surface area contributed by atoms with Gasteiger partial charge in [-0.2, -0.15) is 0 Å². The minimum Gasteiger partial charge on any atom is -0.347 e. The fourth-order valence-corrected chi connectivity index (χ4v) is 2.50. The van der Waals surface area contributed by atoms with E-state index in [2.05, 4.69) is 10.3 Å². The second kappa shape index (κ2) is 4.74. The molecule has 2 rings (SSSR count). The normalized spacial score (nSPS) is 10.2. The van der Waals surface area contributed by atoms with Crippen LogP contribution < -0.4 is 5.32 Å². The lowest BCUT2D eigenvalue weighted by Crippen LogP contribution is -2.22. The minimum absolute atomic E-state index is 0.168. The van der Waals surface area contributed by atoms with E-state index >= 15 is 0 Å². The van der Waals surface area contributed by atoms with Gasteiger partial charge in [0.15, 0.2) is 0 Å². The lowest BCUT2D eigenvalue weighted by Gasteiger charge is -2.01. The van der Waals surface area contributed by atoms with Crippen molar-refractivity contribution in [3.05, 3.63) is 37.9 Å². The topological polar surface area (TPSA) is 42.0 Å². The van der Waals surface area contributed by atoms with Gasteiger partial charge in [0, 0.05) is 17.5 Å². The molecule has 0 aromatic carbocycles. The third-order valence-electron chi connectivity index (χ3n) is 1.80. The first-order chi connectivity index (χ1) is 7.27. The zero-order valence-corrected chi connectivity index (χ0v) is 9.96. The van der Waals surface area contributed by atoms with Gasteiger partial charge in [0.1, 0.15) is 5.69 Å². The van der Waals surface area contributed by atoms with Gasteiger partial charge in [0.2, 0.25) is 0 Å². The number of nitrogens with zero attached hydrogens (tertiary/aromatic N) is 1. The van der Waals surface area contributed by atoms with Crippen molar-refractivity contribution in [2.75, 3.05) is 0 Å². The lowest BCUT2D eigenvalue weighted by atomic mass is 10.3. The molecular formula is C9H7ClN2OS2. The fraction of sp³-hybridized carbons (Fsp3) is 0.111. The van der Waals surface area contributed by atoms with E-state index in [0.717, 1.165) is 5.56 Å². The molecule has 0 saturated heterocycles. The molecule has 0 atom stereocenters. The molecule has 0 radical (unpaired) electrons. The third-order valence-corrected chi connectivity index (χ3v) is 3.64. The molecule has 1 amide bonds. The number of aromatic nitrogens is 1. The summed E-state index contributed by atoms with van der Waals surface area (Å²) >= 11 is 8.75. The molecule has 6 heteroatoms. The largest absolute Gasteiger partial charge is 0.347 e. The summed E-state index contributed by atoms with van der Waals surface area (Å²) < 4.78 is 0.716. The molecule has 0 unspecified atom stereocenters. The Balaban J connectivity index is 1.95. The van der Waals surface area contributed by atoms with Crippen molar-refractivity contribution in [3.63, 3.8) is 0 Å². The summed E-state index contributed by atoms with van der Waals surface area (Å²) in [5.41, 5.74) is 3.02. The molecule has 0 bridgehead atoms. The predicted molar refractivity (Wildman–Crippen MR) is 62.6 cm³/mol. The molecular weight excluding hydrogens is 252 g/mol. The molecule has 0 spiro atoms. The second-order valence-corrected chi connectivity index (χ2v) is 5.01. The van der Waals surface area contributed by atoms with Crippen molar-refractivity contribution < 1.29 is 4.79 Å². The second-order valence-electron chi connectivity index (χ2n) is 2.78. The molecule has 3 nitrogen and oxygen atoms in total. The van der Waals surface area contributed by atoms with Crippen LogP contribution in [0.5, 0.6) is 0 Å². The Kier molecular flexibility index (Phi) is 3.35. The van der Waals surface area contributed by atoms with Crippen LogP contribution in [0.4, 0.5) is 0 Å². The van der Waals surface area contributed by atoms with Crippen molar-refractivity contribution in [1.82, 2.24) is 10.3 Å². The molecule has 78 valence electrons. The highest BCUT2D eigenvalue weighted by molar-refractivity contribution is 7.14.